The summed E-state index contributed by atoms with van der Waals surface area (Å²) in [5.41, 5.74) is 0. The van der Waals surface area contributed by atoms with Crippen molar-refractivity contribution in [3.8, 4) is 0 Å². The third kappa shape index (κ3) is 67.4. The first kappa shape index (κ1) is 78.6. The van der Waals surface area contributed by atoms with Crippen molar-refractivity contribution < 1.29 is 28.6 Å². The van der Waals surface area contributed by atoms with Gasteiger partial charge in [0.1, 0.15) is 13.2 Å². The molecule has 0 rings (SSSR count). The molecule has 6 heteroatoms. The van der Waals surface area contributed by atoms with Gasteiger partial charge in [-0.1, -0.05) is 311 Å². The fourth-order valence-electron chi connectivity index (χ4n) is 10.3. The summed E-state index contributed by atoms with van der Waals surface area (Å²) >= 11 is 0. The average Bonchev–Trinajstić information content (AvgIpc) is 3.47. The zero-order chi connectivity index (χ0) is 59.2. The number of esters is 3. The summed E-state index contributed by atoms with van der Waals surface area (Å²) < 4.78 is 17.0. The highest BCUT2D eigenvalue weighted by Crippen LogP contribution is 2.17. The first-order chi connectivity index (χ1) is 40.5. The molecule has 82 heavy (non-hydrogen) atoms. The molecule has 474 valence electrons. The van der Waals surface area contributed by atoms with E-state index >= 15 is 0 Å². The largest absolute Gasteiger partial charge is 0.462 e. The lowest BCUT2D eigenvalue weighted by Crippen LogP contribution is -2.30. The second kappa shape index (κ2) is 70.1. The average molecular weight is 1140 g/mol. The zero-order valence-corrected chi connectivity index (χ0v) is 54.5. The highest BCUT2D eigenvalue weighted by molar-refractivity contribution is 5.71. The normalized spacial score (nSPS) is 12.6. The van der Waals surface area contributed by atoms with Crippen LogP contribution in [0.4, 0.5) is 0 Å². The summed E-state index contributed by atoms with van der Waals surface area (Å²) in [4.78, 5) is 38.4. The summed E-state index contributed by atoms with van der Waals surface area (Å²) in [5, 5.41) is 0. The minimum absolute atomic E-state index is 0.0824. The van der Waals surface area contributed by atoms with E-state index in [1.807, 2.05) is 0 Å². The zero-order valence-electron chi connectivity index (χ0n) is 54.5. The molecule has 0 aromatic heterocycles. The van der Waals surface area contributed by atoms with Crippen molar-refractivity contribution in [3.63, 3.8) is 0 Å². The van der Waals surface area contributed by atoms with Gasteiger partial charge in [-0.15, -0.1) is 0 Å². The maximum absolute atomic E-state index is 12.9. The Balaban J connectivity index is 4.23. The molecule has 0 radical (unpaired) electrons. The number of rotatable bonds is 65. The maximum atomic E-state index is 12.9. The van der Waals surface area contributed by atoms with Gasteiger partial charge in [0.2, 0.25) is 0 Å². The van der Waals surface area contributed by atoms with Crippen LogP contribution in [-0.2, 0) is 28.6 Å². The van der Waals surface area contributed by atoms with Crippen molar-refractivity contribution in [2.45, 2.75) is 367 Å². The van der Waals surface area contributed by atoms with E-state index in [0.717, 1.165) is 109 Å². The van der Waals surface area contributed by atoms with Gasteiger partial charge < -0.3 is 14.2 Å². The van der Waals surface area contributed by atoms with E-state index in [1.54, 1.807) is 0 Å². The molecule has 0 aliphatic rings. The molecule has 0 fully saturated rings. The molecule has 0 saturated heterocycles. The van der Waals surface area contributed by atoms with E-state index in [1.165, 1.54) is 212 Å². The summed E-state index contributed by atoms with van der Waals surface area (Å²) in [7, 11) is 0. The molecule has 0 spiro atoms. The molecule has 0 saturated carbocycles. The van der Waals surface area contributed by atoms with Crippen molar-refractivity contribution in [1.82, 2.24) is 0 Å². The highest BCUT2D eigenvalue weighted by Gasteiger charge is 2.19. The third-order valence-corrected chi connectivity index (χ3v) is 15.6. The Morgan fingerprint density at radius 2 is 0.476 bits per heavy atom. The van der Waals surface area contributed by atoms with E-state index in [4.69, 9.17) is 14.2 Å². The molecule has 1 atom stereocenters. The van der Waals surface area contributed by atoms with Crippen LogP contribution in [0.2, 0.25) is 0 Å². The third-order valence-electron chi connectivity index (χ3n) is 15.6. The van der Waals surface area contributed by atoms with Gasteiger partial charge in [-0.3, -0.25) is 14.4 Å². The van der Waals surface area contributed by atoms with Gasteiger partial charge >= 0.3 is 17.9 Å². The van der Waals surface area contributed by atoms with E-state index in [-0.39, 0.29) is 31.1 Å². The monoisotopic (exact) mass is 1140 g/mol. The fraction of sp³-hybridized carbons (Fsp3) is 0.776. The summed E-state index contributed by atoms with van der Waals surface area (Å²) in [6.45, 7) is 6.53. The minimum Gasteiger partial charge on any atom is -0.462 e. The van der Waals surface area contributed by atoms with Gasteiger partial charge in [-0.05, 0) is 116 Å². The van der Waals surface area contributed by atoms with Crippen LogP contribution in [0.5, 0.6) is 0 Å². The molecule has 0 amide bonds. The first-order valence-electron chi connectivity index (χ1n) is 35.6. The molecule has 1 unspecified atom stereocenters. The van der Waals surface area contributed by atoms with Gasteiger partial charge in [0, 0.05) is 19.3 Å². The highest BCUT2D eigenvalue weighted by atomic mass is 16.6. The predicted octanol–water partition coefficient (Wildman–Crippen LogP) is 24.6. The molecule has 0 aromatic rings. The van der Waals surface area contributed by atoms with Crippen molar-refractivity contribution >= 4 is 17.9 Å². The van der Waals surface area contributed by atoms with Crippen LogP contribution in [0.1, 0.15) is 361 Å². The number of carbonyl (C=O) groups excluding carboxylic acids is 3. The van der Waals surface area contributed by atoms with Crippen LogP contribution in [0, 0.1) is 0 Å². The van der Waals surface area contributed by atoms with Crippen LogP contribution in [-0.4, -0.2) is 37.2 Å². The van der Waals surface area contributed by atoms with Gasteiger partial charge in [-0.25, -0.2) is 0 Å². The number of hydrogen-bond acceptors (Lipinski definition) is 6. The Labute approximate surface area is 509 Å². The molecule has 0 N–H and O–H groups in total. The van der Waals surface area contributed by atoms with Crippen LogP contribution in [0.3, 0.4) is 0 Å². The lowest BCUT2D eigenvalue weighted by atomic mass is 10.0. The van der Waals surface area contributed by atoms with Crippen LogP contribution < -0.4 is 0 Å². The molecule has 6 nitrogen and oxygen atoms in total. The number of hydrogen-bond donors (Lipinski definition) is 0. The second-order valence-electron chi connectivity index (χ2n) is 23.8. The van der Waals surface area contributed by atoms with E-state index in [0.29, 0.717) is 19.3 Å². The van der Waals surface area contributed by atoms with Gasteiger partial charge in [0.25, 0.3) is 0 Å². The Hall–Kier alpha value is -3.41. The SMILES string of the molecule is CC/C=C\C/C=C\C/C=C\CCCCCCCCCC(=O)OC(COC(=O)CCCCCCC/C=C\C/C=C\CCCCCC)COC(=O)CCCCCCCCCCCCCCCCCCCCC/C=C\C/C=C\CCCCCCC. The Bertz CT molecular complexity index is 1550. The van der Waals surface area contributed by atoms with E-state index in [9.17, 15) is 14.4 Å². The lowest BCUT2D eigenvalue weighted by Gasteiger charge is -2.18. The minimum atomic E-state index is -0.789. The smallest absolute Gasteiger partial charge is 0.306 e. The summed E-state index contributed by atoms with van der Waals surface area (Å²) in [6, 6.07) is 0. The molecule has 0 heterocycles. The summed E-state index contributed by atoms with van der Waals surface area (Å²) in [6.07, 6.45) is 93.3. The second-order valence-corrected chi connectivity index (χ2v) is 23.8. The quantitative estimate of drug-likeness (QED) is 0.0261. The van der Waals surface area contributed by atoms with Crippen molar-refractivity contribution in [2.75, 3.05) is 13.2 Å². The predicted molar refractivity (Wildman–Crippen MR) is 358 cm³/mol. The first-order valence-corrected chi connectivity index (χ1v) is 35.6. The molecule has 0 aromatic carbocycles. The number of carbonyl (C=O) groups is 3. The molecular weight excluding hydrogens is 1010 g/mol. The van der Waals surface area contributed by atoms with Crippen molar-refractivity contribution in [3.05, 3.63) is 85.1 Å². The van der Waals surface area contributed by atoms with Crippen LogP contribution in [0.15, 0.2) is 85.1 Å². The van der Waals surface area contributed by atoms with Gasteiger partial charge in [0.15, 0.2) is 6.10 Å². The van der Waals surface area contributed by atoms with E-state index in [2.05, 4.69) is 106 Å². The maximum Gasteiger partial charge on any atom is 0.306 e. The van der Waals surface area contributed by atoms with Crippen molar-refractivity contribution in [1.29, 1.82) is 0 Å². The van der Waals surface area contributed by atoms with Crippen LogP contribution >= 0.6 is 0 Å². The number of ether oxygens (including phenoxy) is 3. The standard InChI is InChI=1S/C76H134O6/c1-4-7-10-13-16-19-22-25-28-31-32-33-34-35-36-37-38-39-40-41-42-43-44-46-48-51-54-57-60-63-66-69-75(78)81-72-73(71-80-74(77)68-65-62-59-56-53-50-47-30-27-24-21-18-15-12-9-6-3)82-76(79)70-67-64-61-58-55-52-49-45-29-26-23-20-17-14-11-8-5-2/h8,11,17,20-22,24-26,29-32,47,73H,4-7,9-10,12-16,18-19,23,27-28,33-46,48-72H2,1-3H3/b11-8-,20-17-,24-21-,25-22-,29-26-,32-31-,47-30-. The topological polar surface area (TPSA) is 78.9 Å². The van der Waals surface area contributed by atoms with Crippen molar-refractivity contribution in [2.24, 2.45) is 0 Å². The molecule has 0 aliphatic heterocycles. The van der Waals surface area contributed by atoms with Gasteiger partial charge in [0.05, 0.1) is 0 Å². The number of allylic oxidation sites excluding steroid dienone is 14. The Kier molecular flexibility index (Phi) is 67.2. The van der Waals surface area contributed by atoms with E-state index < -0.39 is 6.10 Å². The lowest BCUT2D eigenvalue weighted by molar-refractivity contribution is -0.167. The molecule has 0 aliphatic carbocycles. The summed E-state index contributed by atoms with van der Waals surface area (Å²) in [5.74, 6) is -0.889. The molecule has 0 bridgehead atoms. The van der Waals surface area contributed by atoms with Crippen LogP contribution in [0.25, 0.3) is 0 Å². The Morgan fingerprint density at radius 3 is 0.756 bits per heavy atom. The fourth-order valence-corrected chi connectivity index (χ4v) is 10.3. The van der Waals surface area contributed by atoms with Gasteiger partial charge in [-0.2, -0.15) is 0 Å². The molecular formula is C76H134O6. The Morgan fingerprint density at radius 1 is 0.256 bits per heavy atom. The number of unbranched alkanes of at least 4 members (excludes halogenated alkanes) is 40.